The second-order valence-corrected chi connectivity index (χ2v) is 4.37. The third-order valence-electron chi connectivity index (χ3n) is 3.06. The fraction of sp³-hybridized carbons (Fsp3) is 0.583. The average molecular weight is 259 g/mol. The summed E-state index contributed by atoms with van der Waals surface area (Å²) in [4.78, 5) is 13.8. The van der Waals surface area contributed by atoms with Crippen LogP contribution in [0, 0.1) is 6.92 Å². The Morgan fingerprint density at radius 3 is 2.82 bits per heavy atom. The molecule has 2 heterocycles. The van der Waals surface area contributed by atoms with E-state index in [4.69, 9.17) is 10.2 Å². The normalized spacial score (nSPS) is 19.2. The molecule has 5 heteroatoms. The first-order valence-corrected chi connectivity index (χ1v) is 5.76. The summed E-state index contributed by atoms with van der Waals surface area (Å²) < 4.78 is 5.54. The Labute approximate surface area is 108 Å². The van der Waals surface area contributed by atoms with Crippen molar-refractivity contribution in [1.29, 1.82) is 0 Å². The van der Waals surface area contributed by atoms with Crippen molar-refractivity contribution in [2.24, 2.45) is 5.73 Å². The highest BCUT2D eigenvalue weighted by atomic mass is 35.5. The first-order chi connectivity index (χ1) is 7.61. The second-order valence-electron chi connectivity index (χ2n) is 4.37. The van der Waals surface area contributed by atoms with Crippen LogP contribution in [-0.4, -0.2) is 29.9 Å². The molecule has 0 spiro atoms. The Balaban J connectivity index is 0.00000144. The van der Waals surface area contributed by atoms with Gasteiger partial charge in [0.2, 0.25) is 0 Å². The summed E-state index contributed by atoms with van der Waals surface area (Å²) in [6.07, 6.45) is 1.70. The van der Waals surface area contributed by atoms with Crippen LogP contribution in [0.5, 0.6) is 0 Å². The first-order valence-electron chi connectivity index (χ1n) is 5.76. The lowest BCUT2D eigenvalue weighted by Gasteiger charge is -2.13. The Morgan fingerprint density at radius 2 is 2.35 bits per heavy atom. The lowest BCUT2D eigenvalue weighted by atomic mass is 10.2. The largest absolute Gasteiger partial charge is 0.456 e. The zero-order chi connectivity index (χ0) is 11.7. The standard InChI is InChI=1S/C12H18N2O2.ClH/c1-3-10-8(2)6-11(16-10)12(15)14-5-4-9(13)7-14;/h6,9H,3-5,7,13H2,1-2H3;1H/t9-;/m1./s1. The van der Waals surface area contributed by atoms with E-state index in [2.05, 4.69) is 0 Å². The Morgan fingerprint density at radius 1 is 1.65 bits per heavy atom. The first kappa shape index (κ1) is 14.1. The van der Waals surface area contributed by atoms with E-state index < -0.39 is 0 Å². The number of amides is 1. The van der Waals surface area contributed by atoms with Gasteiger partial charge in [-0.1, -0.05) is 6.92 Å². The van der Waals surface area contributed by atoms with Crippen molar-refractivity contribution in [2.75, 3.05) is 13.1 Å². The van der Waals surface area contributed by atoms with Gasteiger partial charge >= 0.3 is 0 Å². The molecule has 1 amide bonds. The van der Waals surface area contributed by atoms with Crippen molar-refractivity contribution in [3.63, 3.8) is 0 Å². The van der Waals surface area contributed by atoms with E-state index in [-0.39, 0.29) is 24.4 Å². The molecule has 2 rings (SSSR count). The van der Waals surface area contributed by atoms with E-state index in [0.29, 0.717) is 12.3 Å². The number of aryl methyl sites for hydroxylation is 2. The van der Waals surface area contributed by atoms with E-state index in [1.807, 2.05) is 19.9 Å². The number of carbonyl (C=O) groups excluding carboxylic acids is 1. The molecule has 17 heavy (non-hydrogen) atoms. The van der Waals surface area contributed by atoms with Crippen LogP contribution in [0.4, 0.5) is 0 Å². The van der Waals surface area contributed by atoms with Crippen LogP contribution in [0.3, 0.4) is 0 Å². The number of halogens is 1. The molecule has 0 aliphatic carbocycles. The molecule has 1 aliphatic rings. The number of hydrogen-bond donors (Lipinski definition) is 1. The van der Waals surface area contributed by atoms with Gasteiger partial charge in [-0.15, -0.1) is 12.4 Å². The van der Waals surface area contributed by atoms with Crippen molar-refractivity contribution >= 4 is 18.3 Å². The zero-order valence-electron chi connectivity index (χ0n) is 10.2. The van der Waals surface area contributed by atoms with Gasteiger partial charge in [-0.2, -0.15) is 0 Å². The number of nitrogens with zero attached hydrogens (tertiary/aromatic N) is 1. The van der Waals surface area contributed by atoms with Gasteiger partial charge in [-0.05, 0) is 25.0 Å². The molecule has 2 N–H and O–H groups in total. The van der Waals surface area contributed by atoms with Crippen LogP contribution < -0.4 is 5.73 Å². The van der Waals surface area contributed by atoms with Crippen LogP contribution in [-0.2, 0) is 6.42 Å². The molecular formula is C12H19ClN2O2. The number of likely N-dealkylation sites (tertiary alicyclic amines) is 1. The molecule has 0 bridgehead atoms. The van der Waals surface area contributed by atoms with E-state index >= 15 is 0 Å². The molecular weight excluding hydrogens is 240 g/mol. The maximum absolute atomic E-state index is 12.1. The van der Waals surface area contributed by atoms with Gasteiger partial charge in [0.15, 0.2) is 5.76 Å². The molecule has 0 saturated carbocycles. The van der Waals surface area contributed by atoms with Crippen LogP contribution in [0.25, 0.3) is 0 Å². The summed E-state index contributed by atoms with van der Waals surface area (Å²) in [6, 6.07) is 1.94. The summed E-state index contributed by atoms with van der Waals surface area (Å²) in [5.74, 6) is 1.31. The summed E-state index contributed by atoms with van der Waals surface area (Å²) in [7, 11) is 0. The summed E-state index contributed by atoms with van der Waals surface area (Å²) in [5, 5.41) is 0. The van der Waals surface area contributed by atoms with Crippen molar-refractivity contribution in [3.8, 4) is 0 Å². The predicted octanol–water partition coefficient (Wildman–Crippen LogP) is 1.75. The van der Waals surface area contributed by atoms with E-state index in [1.165, 1.54) is 0 Å². The minimum absolute atomic E-state index is 0. The van der Waals surface area contributed by atoms with Gasteiger partial charge in [0.1, 0.15) is 5.76 Å². The molecule has 1 aromatic rings. The Bertz CT molecular complexity index is 403. The highest BCUT2D eigenvalue weighted by Crippen LogP contribution is 2.18. The smallest absolute Gasteiger partial charge is 0.289 e. The summed E-state index contributed by atoms with van der Waals surface area (Å²) >= 11 is 0. The van der Waals surface area contributed by atoms with Gasteiger partial charge in [0, 0.05) is 25.6 Å². The Hall–Kier alpha value is -1.00. The molecule has 96 valence electrons. The predicted molar refractivity (Wildman–Crippen MR) is 68.6 cm³/mol. The van der Waals surface area contributed by atoms with Gasteiger partial charge in [0.25, 0.3) is 5.91 Å². The SMILES string of the molecule is CCc1oc(C(=O)N2CC[C@@H](N)C2)cc1C.Cl. The summed E-state index contributed by atoms with van der Waals surface area (Å²) in [5.41, 5.74) is 6.83. The molecule has 1 atom stereocenters. The topological polar surface area (TPSA) is 59.5 Å². The van der Waals surface area contributed by atoms with E-state index in [9.17, 15) is 4.79 Å². The van der Waals surface area contributed by atoms with Gasteiger partial charge < -0.3 is 15.1 Å². The molecule has 1 aromatic heterocycles. The van der Waals surface area contributed by atoms with Crippen molar-refractivity contribution in [2.45, 2.75) is 32.7 Å². The van der Waals surface area contributed by atoms with Crippen LogP contribution in [0.2, 0.25) is 0 Å². The minimum Gasteiger partial charge on any atom is -0.456 e. The number of rotatable bonds is 2. The van der Waals surface area contributed by atoms with Gasteiger partial charge in [-0.3, -0.25) is 4.79 Å². The minimum atomic E-state index is -0.0317. The molecule has 0 unspecified atom stereocenters. The molecule has 0 radical (unpaired) electrons. The molecule has 1 aliphatic heterocycles. The lowest BCUT2D eigenvalue weighted by molar-refractivity contribution is 0.0757. The molecule has 1 saturated heterocycles. The van der Waals surface area contributed by atoms with Crippen LogP contribution in [0.1, 0.15) is 35.2 Å². The third kappa shape index (κ3) is 2.82. The molecule has 4 nitrogen and oxygen atoms in total. The maximum atomic E-state index is 12.1. The maximum Gasteiger partial charge on any atom is 0.289 e. The fourth-order valence-corrected chi connectivity index (χ4v) is 2.10. The number of furan rings is 1. The quantitative estimate of drug-likeness (QED) is 0.879. The fourth-order valence-electron chi connectivity index (χ4n) is 2.10. The highest BCUT2D eigenvalue weighted by Gasteiger charge is 2.26. The third-order valence-corrected chi connectivity index (χ3v) is 3.06. The van der Waals surface area contributed by atoms with Crippen molar-refractivity contribution in [1.82, 2.24) is 4.90 Å². The van der Waals surface area contributed by atoms with Crippen molar-refractivity contribution in [3.05, 3.63) is 23.2 Å². The second kappa shape index (κ2) is 5.56. The van der Waals surface area contributed by atoms with Crippen molar-refractivity contribution < 1.29 is 9.21 Å². The zero-order valence-corrected chi connectivity index (χ0v) is 11.0. The van der Waals surface area contributed by atoms with Gasteiger partial charge in [-0.25, -0.2) is 0 Å². The van der Waals surface area contributed by atoms with E-state index in [0.717, 1.165) is 30.7 Å². The number of nitrogens with two attached hydrogens (primary N) is 1. The molecule has 1 fully saturated rings. The summed E-state index contributed by atoms with van der Waals surface area (Å²) in [6.45, 7) is 5.36. The number of carbonyl (C=O) groups is 1. The molecule has 0 aromatic carbocycles. The Kier molecular flexibility index (Phi) is 4.60. The van der Waals surface area contributed by atoms with Gasteiger partial charge in [0.05, 0.1) is 0 Å². The van der Waals surface area contributed by atoms with Crippen LogP contribution >= 0.6 is 12.4 Å². The average Bonchev–Trinajstić information content (AvgIpc) is 2.83. The van der Waals surface area contributed by atoms with Crippen LogP contribution in [0.15, 0.2) is 10.5 Å². The monoisotopic (exact) mass is 258 g/mol. The lowest BCUT2D eigenvalue weighted by Crippen LogP contribution is -2.31. The highest BCUT2D eigenvalue weighted by molar-refractivity contribution is 5.92. The van der Waals surface area contributed by atoms with E-state index in [1.54, 1.807) is 4.90 Å². The number of hydrogen-bond acceptors (Lipinski definition) is 3.